The van der Waals surface area contributed by atoms with Gasteiger partial charge in [-0.3, -0.25) is 14.9 Å². The first kappa shape index (κ1) is 33.4. The number of aromatic nitrogens is 3. The SMILES string of the molecule is C#Cc1c(F)ccc2cc(OCOC)cc(-c3ncc4c(N5C[C@@H]6CC[C@@H](C5)N6C(=O)OC(C)(C)C)nc(OCC5=NCCC5)nc4c3F)c12. The van der Waals surface area contributed by atoms with Gasteiger partial charge in [0, 0.05) is 49.6 Å². The number of methoxy groups -OCH3 is 1. The van der Waals surface area contributed by atoms with Crippen molar-refractivity contribution in [3.63, 3.8) is 0 Å². The Labute approximate surface area is 288 Å². The number of halogens is 2. The molecule has 7 rings (SSSR count). The fourth-order valence-electron chi connectivity index (χ4n) is 7.02. The molecule has 3 aliphatic rings. The molecule has 0 unspecified atom stereocenters. The molecule has 260 valence electrons. The van der Waals surface area contributed by atoms with Crippen molar-refractivity contribution in [1.29, 1.82) is 0 Å². The van der Waals surface area contributed by atoms with E-state index in [1.54, 1.807) is 18.2 Å². The third-order valence-corrected chi connectivity index (χ3v) is 9.14. The van der Waals surface area contributed by atoms with Crippen LogP contribution in [0.1, 0.15) is 52.0 Å². The molecule has 2 aromatic heterocycles. The summed E-state index contributed by atoms with van der Waals surface area (Å²) in [5, 5.41) is 1.21. The van der Waals surface area contributed by atoms with Crippen LogP contribution >= 0.6 is 0 Å². The molecule has 2 aromatic carbocycles. The van der Waals surface area contributed by atoms with Gasteiger partial charge in [0.2, 0.25) is 0 Å². The van der Waals surface area contributed by atoms with Gasteiger partial charge in [-0.2, -0.15) is 9.97 Å². The van der Waals surface area contributed by atoms with Crippen molar-refractivity contribution >= 4 is 39.3 Å². The minimum absolute atomic E-state index is 0.0162. The van der Waals surface area contributed by atoms with Crippen molar-refractivity contribution in [2.45, 2.75) is 64.1 Å². The second-order valence-corrected chi connectivity index (χ2v) is 13.7. The summed E-state index contributed by atoms with van der Waals surface area (Å²) in [5.41, 5.74) is 0.338. The van der Waals surface area contributed by atoms with Crippen LogP contribution in [0, 0.1) is 24.0 Å². The molecule has 2 saturated heterocycles. The van der Waals surface area contributed by atoms with E-state index >= 15 is 8.78 Å². The first-order chi connectivity index (χ1) is 24.0. The normalized spacial score (nSPS) is 18.8. The molecule has 4 aromatic rings. The molecule has 13 heteroatoms. The first-order valence-electron chi connectivity index (χ1n) is 16.7. The third-order valence-electron chi connectivity index (χ3n) is 9.14. The van der Waals surface area contributed by atoms with Gasteiger partial charge in [-0.25, -0.2) is 13.6 Å². The highest BCUT2D eigenvalue weighted by Gasteiger charge is 2.45. The van der Waals surface area contributed by atoms with Gasteiger partial charge in [0.05, 0.1) is 23.0 Å². The van der Waals surface area contributed by atoms with Gasteiger partial charge < -0.3 is 23.8 Å². The monoisotopic (exact) mass is 684 g/mol. The van der Waals surface area contributed by atoms with Crippen LogP contribution in [0.2, 0.25) is 0 Å². The van der Waals surface area contributed by atoms with Crippen LogP contribution in [0.25, 0.3) is 32.9 Å². The zero-order valence-corrected chi connectivity index (χ0v) is 28.5. The Morgan fingerprint density at radius 2 is 1.88 bits per heavy atom. The molecule has 5 heterocycles. The zero-order valence-electron chi connectivity index (χ0n) is 28.5. The molecule has 2 bridgehead atoms. The van der Waals surface area contributed by atoms with E-state index in [0.29, 0.717) is 40.8 Å². The fourth-order valence-corrected chi connectivity index (χ4v) is 7.02. The van der Waals surface area contributed by atoms with E-state index < -0.39 is 17.2 Å². The summed E-state index contributed by atoms with van der Waals surface area (Å²) in [6, 6.07) is 5.79. The Balaban J connectivity index is 1.34. The number of benzene rings is 2. The highest BCUT2D eigenvalue weighted by Crippen LogP contribution is 2.40. The largest absolute Gasteiger partial charge is 0.468 e. The van der Waals surface area contributed by atoms with Gasteiger partial charge in [0.15, 0.2) is 12.6 Å². The number of hydrogen-bond acceptors (Lipinski definition) is 10. The highest BCUT2D eigenvalue weighted by molar-refractivity contribution is 6.03. The molecular weight excluding hydrogens is 646 g/mol. The predicted octanol–water partition coefficient (Wildman–Crippen LogP) is 6.29. The van der Waals surface area contributed by atoms with Gasteiger partial charge in [0.1, 0.15) is 40.8 Å². The summed E-state index contributed by atoms with van der Waals surface area (Å²) >= 11 is 0. The van der Waals surface area contributed by atoms with E-state index in [4.69, 9.17) is 30.4 Å². The Morgan fingerprint density at radius 3 is 2.56 bits per heavy atom. The number of amides is 1. The maximum atomic E-state index is 17.0. The van der Waals surface area contributed by atoms with Crippen molar-refractivity contribution in [2.75, 3.05) is 45.0 Å². The average molecular weight is 685 g/mol. The fraction of sp³-hybridized carbons (Fsp3) is 0.432. The van der Waals surface area contributed by atoms with Crippen LogP contribution in [-0.4, -0.2) is 89.5 Å². The maximum Gasteiger partial charge on any atom is 0.410 e. The summed E-state index contributed by atoms with van der Waals surface area (Å²) in [4.78, 5) is 35.4. The number of hydrogen-bond donors (Lipinski definition) is 0. The number of aliphatic imine (C=N–C) groups is 1. The Morgan fingerprint density at radius 1 is 1.10 bits per heavy atom. The smallest absolute Gasteiger partial charge is 0.410 e. The molecule has 3 aliphatic heterocycles. The van der Waals surface area contributed by atoms with E-state index in [0.717, 1.165) is 37.9 Å². The Bertz CT molecular complexity index is 2040. The number of anilines is 1. The Hall–Kier alpha value is -5.09. The molecule has 1 amide bonds. The lowest BCUT2D eigenvalue weighted by molar-refractivity contribution is 0.0122. The molecule has 0 radical (unpaired) electrons. The van der Waals surface area contributed by atoms with Crippen LogP contribution in [-0.2, 0) is 9.47 Å². The van der Waals surface area contributed by atoms with Crippen molar-refractivity contribution in [1.82, 2.24) is 19.9 Å². The molecule has 11 nitrogen and oxygen atoms in total. The van der Waals surface area contributed by atoms with Gasteiger partial charge in [-0.05, 0) is 70.0 Å². The van der Waals surface area contributed by atoms with Crippen LogP contribution in [0.15, 0.2) is 35.5 Å². The van der Waals surface area contributed by atoms with Gasteiger partial charge in [0.25, 0.3) is 0 Å². The first-order valence-corrected chi connectivity index (χ1v) is 16.7. The van der Waals surface area contributed by atoms with Crippen LogP contribution < -0.4 is 14.4 Å². The van der Waals surface area contributed by atoms with Crippen LogP contribution in [0.5, 0.6) is 11.8 Å². The number of carbonyl (C=O) groups is 1. The van der Waals surface area contributed by atoms with Crippen molar-refractivity contribution in [3.05, 3.63) is 47.7 Å². The van der Waals surface area contributed by atoms with Crippen LogP contribution in [0.4, 0.5) is 19.4 Å². The van der Waals surface area contributed by atoms with Gasteiger partial charge >= 0.3 is 12.1 Å². The van der Waals surface area contributed by atoms with E-state index in [9.17, 15) is 4.79 Å². The van der Waals surface area contributed by atoms with Gasteiger partial charge in [-0.15, -0.1) is 6.42 Å². The number of piperazine rings is 1. The van der Waals surface area contributed by atoms with Crippen molar-refractivity contribution in [3.8, 4) is 35.4 Å². The van der Waals surface area contributed by atoms with E-state index in [2.05, 4.69) is 20.9 Å². The quantitative estimate of drug-likeness (QED) is 0.156. The molecule has 0 N–H and O–H groups in total. The molecule has 0 spiro atoms. The maximum absolute atomic E-state index is 17.0. The summed E-state index contributed by atoms with van der Waals surface area (Å²) in [5.74, 6) is 1.83. The van der Waals surface area contributed by atoms with E-state index in [1.807, 2.05) is 30.6 Å². The van der Waals surface area contributed by atoms with Crippen LogP contribution in [0.3, 0.4) is 0 Å². The number of pyridine rings is 1. The number of terminal acetylenes is 1. The lowest BCUT2D eigenvalue weighted by atomic mass is 9.95. The lowest BCUT2D eigenvalue weighted by Gasteiger charge is -2.42. The third kappa shape index (κ3) is 6.35. The van der Waals surface area contributed by atoms with E-state index in [1.165, 1.54) is 19.4 Å². The molecular formula is C37H38F2N6O5. The molecule has 0 saturated carbocycles. The second kappa shape index (κ2) is 13.3. The predicted molar refractivity (Wildman–Crippen MR) is 185 cm³/mol. The molecule has 2 atom stereocenters. The van der Waals surface area contributed by atoms with E-state index in [-0.39, 0.29) is 59.9 Å². The molecule has 0 aliphatic carbocycles. The minimum atomic E-state index is -0.762. The highest BCUT2D eigenvalue weighted by atomic mass is 19.1. The van der Waals surface area contributed by atoms with Crippen molar-refractivity contribution < 1.29 is 32.5 Å². The Kier molecular flexibility index (Phi) is 8.90. The van der Waals surface area contributed by atoms with Crippen molar-refractivity contribution in [2.24, 2.45) is 4.99 Å². The zero-order chi connectivity index (χ0) is 35.2. The summed E-state index contributed by atoms with van der Waals surface area (Å²) in [7, 11) is 1.48. The average Bonchev–Trinajstić information content (AvgIpc) is 3.70. The summed E-state index contributed by atoms with van der Waals surface area (Å²) in [6.45, 7) is 7.29. The molecule has 2 fully saturated rings. The number of rotatable bonds is 8. The standard InChI is InChI=1S/C37H38F2N6O5/c1-6-26-29(38)12-9-21-14-25(49-20-47-5)15-27(30(21)26)32-31(39)33-28(16-41-32)34(43-35(42-33)48-19-22-8-7-13-40-22)44-17-23-10-11-24(18-44)45(23)36(46)50-37(2,3)4/h1,9,12,14-16,23-24H,7-8,10-11,13,17-20H2,2-5H3/t23-,24-/m0/s1. The van der Waals surface area contributed by atoms with Gasteiger partial charge in [-0.1, -0.05) is 12.0 Å². The molecule has 50 heavy (non-hydrogen) atoms. The number of nitrogens with zero attached hydrogens (tertiary/aromatic N) is 6. The minimum Gasteiger partial charge on any atom is -0.468 e. The lowest BCUT2D eigenvalue weighted by Crippen LogP contribution is -2.57. The topological polar surface area (TPSA) is 112 Å². The number of fused-ring (bicyclic) bond motifs is 4. The summed E-state index contributed by atoms with van der Waals surface area (Å²) in [6.07, 6.45) is 10.3. The summed E-state index contributed by atoms with van der Waals surface area (Å²) < 4.78 is 54.6. The number of carbonyl (C=O) groups excluding carboxylic acids is 1. The second-order valence-electron chi connectivity index (χ2n) is 13.7. The number of ether oxygens (including phenoxy) is 4.